The average Bonchev–Trinajstić information content (AvgIpc) is 2.38. The maximum atomic E-state index is 11.0. The lowest BCUT2D eigenvalue weighted by Crippen LogP contribution is -2.14. The molecular weight excluding hydrogens is 244 g/mol. The van der Waals surface area contributed by atoms with Crippen LogP contribution in [0.4, 0.5) is 0 Å². The first kappa shape index (κ1) is 17.7. The number of rotatable bonds is 11. The summed E-state index contributed by atoms with van der Waals surface area (Å²) in [5, 5.41) is 0. The number of unbranched alkanes of at least 4 members (excludes halogenated alkanes) is 6. The zero-order chi connectivity index (χ0) is 14.3. The molecule has 0 bridgehead atoms. The minimum Gasteiger partial charge on any atom is -0.459 e. The normalized spacial score (nSPS) is 10.6. The lowest BCUT2D eigenvalue weighted by Gasteiger charge is -2.01. The SMILES string of the molecule is CCCCCCCC/C=C/COC(=O)COC(C)=O. The molecule has 4 heteroatoms. The molecule has 0 saturated heterocycles. The second-order valence-electron chi connectivity index (χ2n) is 4.49. The molecule has 4 nitrogen and oxygen atoms in total. The molecule has 0 aliphatic carbocycles. The van der Waals surface area contributed by atoms with Crippen LogP contribution in [0.5, 0.6) is 0 Å². The quantitative estimate of drug-likeness (QED) is 0.328. The van der Waals surface area contributed by atoms with Crippen LogP contribution in [0.15, 0.2) is 12.2 Å². The average molecular weight is 270 g/mol. The van der Waals surface area contributed by atoms with Crippen molar-refractivity contribution in [1.82, 2.24) is 0 Å². The molecule has 0 aliphatic rings. The molecule has 0 fully saturated rings. The number of esters is 2. The highest BCUT2D eigenvalue weighted by Crippen LogP contribution is 2.06. The van der Waals surface area contributed by atoms with E-state index in [1.807, 2.05) is 12.2 Å². The van der Waals surface area contributed by atoms with E-state index < -0.39 is 11.9 Å². The summed E-state index contributed by atoms with van der Waals surface area (Å²) in [6.07, 6.45) is 12.6. The van der Waals surface area contributed by atoms with Crippen LogP contribution in [0.2, 0.25) is 0 Å². The summed E-state index contributed by atoms with van der Waals surface area (Å²) in [6, 6.07) is 0. The van der Waals surface area contributed by atoms with Crippen molar-refractivity contribution >= 4 is 11.9 Å². The third-order valence-electron chi connectivity index (χ3n) is 2.62. The Morgan fingerprint density at radius 1 is 0.947 bits per heavy atom. The Morgan fingerprint density at radius 2 is 1.63 bits per heavy atom. The summed E-state index contributed by atoms with van der Waals surface area (Å²) in [5.74, 6) is -0.991. The minimum atomic E-state index is -0.514. The van der Waals surface area contributed by atoms with E-state index in [-0.39, 0.29) is 13.2 Å². The van der Waals surface area contributed by atoms with Gasteiger partial charge in [-0.1, -0.05) is 51.2 Å². The van der Waals surface area contributed by atoms with E-state index in [0.29, 0.717) is 0 Å². The molecule has 0 spiro atoms. The summed E-state index contributed by atoms with van der Waals surface area (Å²) < 4.78 is 9.36. The molecule has 0 rings (SSSR count). The van der Waals surface area contributed by atoms with E-state index in [1.54, 1.807) is 0 Å². The molecule has 0 aliphatic heterocycles. The van der Waals surface area contributed by atoms with Crippen molar-refractivity contribution in [2.45, 2.75) is 58.8 Å². The van der Waals surface area contributed by atoms with Gasteiger partial charge in [-0.25, -0.2) is 4.79 Å². The molecule has 0 heterocycles. The molecule has 0 unspecified atom stereocenters. The molecule has 0 saturated carbocycles. The predicted octanol–water partition coefficient (Wildman–Crippen LogP) is 3.40. The molecule has 0 aromatic heterocycles. The second-order valence-corrected chi connectivity index (χ2v) is 4.49. The largest absolute Gasteiger partial charge is 0.459 e. The van der Waals surface area contributed by atoms with Gasteiger partial charge in [0.15, 0.2) is 6.61 Å². The third-order valence-corrected chi connectivity index (χ3v) is 2.62. The molecule has 0 N–H and O–H groups in total. The summed E-state index contributed by atoms with van der Waals surface area (Å²) in [7, 11) is 0. The van der Waals surface area contributed by atoms with Crippen LogP contribution < -0.4 is 0 Å². The molecule has 0 amide bonds. The van der Waals surface area contributed by atoms with Gasteiger partial charge in [0.2, 0.25) is 0 Å². The highest BCUT2D eigenvalue weighted by Gasteiger charge is 2.03. The minimum absolute atomic E-state index is 0.246. The van der Waals surface area contributed by atoms with Crippen LogP contribution in [0.1, 0.15) is 58.8 Å². The summed E-state index contributed by atoms with van der Waals surface area (Å²) in [6.45, 7) is 3.41. The smallest absolute Gasteiger partial charge is 0.344 e. The molecule has 0 atom stereocenters. The topological polar surface area (TPSA) is 52.6 Å². The number of ether oxygens (including phenoxy) is 2. The number of carbonyl (C=O) groups is 2. The first-order valence-electron chi connectivity index (χ1n) is 7.10. The predicted molar refractivity (Wildman–Crippen MR) is 74.7 cm³/mol. The van der Waals surface area contributed by atoms with Gasteiger partial charge in [-0.3, -0.25) is 4.79 Å². The molecule has 0 aromatic rings. The molecule has 110 valence electrons. The van der Waals surface area contributed by atoms with Gasteiger partial charge in [-0.15, -0.1) is 0 Å². The van der Waals surface area contributed by atoms with Gasteiger partial charge in [-0.2, -0.15) is 0 Å². The summed E-state index contributed by atoms with van der Waals surface area (Å²) >= 11 is 0. The zero-order valence-corrected chi connectivity index (χ0v) is 12.2. The number of allylic oxidation sites excluding steroid dienone is 1. The van der Waals surface area contributed by atoms with Crippen molar-refractivity contribution in [3.05, 3.63) is 12.2 Å². The van der Waals surface area contributed by atoms with Crippen LogP contribution in [0.25, 0.3) is 0 Å². The van der Waals surface area contributed by atoms with E-state index in [2.05, 4.69) is 11.7 Å². The van der Waals surface area contributed by atoms with Gasteiger partial charge in [0.25, 0.3) is 0 Å². The van der Waals surface area contributed by atoms with Gasteiger partial charge in [0.1, 0.15) is 6.61 Å². The maximum absolute atomic E-state index is 11.0. The van der Waals surface area contributed by atoms with Gasteiger partial charge < -0.3 is 9.47 Å². The van der Waals surface area contributed by atoms with Gasteiger partial charge >= 0.3 is 11.9 Å². The van der Waals surface area contributed by atoms with Crippen LogP contribution in [0, 0.1) is 0 Å². The van der Waals surface area contributed by atoms with E-state index in [4.69, 9.17) is 4.74 Å². The summed E-state index contributed by atoms with van der Waals surface area (Å²) in [4.78, 5) is 21.5. The highest BCUT2D eigenvalue weighted by molar-refractivity contribution is 5.75. The molecular formula is C15H26O4. The Bertz CT molecular complexity index is 271. The fourth-order valence-corrected chi connectivity index (χ4v) is 1.57. The zero-order valence-electron chi connectivity index (χ0n) is 12.2. The lowest BCUT2D eigenvalue weighted by atomic mass is 10.1. The Labute approximate surface area is 116 Å². The Kier molecular flexibility index (Phi) is 12.2. The lowest BCUT2D eigenvalue weighted by molar-refractivity contribution is -0.156. The number of hydrogen-bond donors (Lipinski definition) is 0. The fraction of sp³-hybridized carbons (Fsp3) is 0.733. The first-order chi connectivity index (χ1) is 9.16. The maximum Gasteiger partial charge on any atom is 0.344 e. The van der Waals surface area contributed by atoms with Gasteiger partial charge in [-0.05, 0) is 12.8 Å². The Morgan fingerprint density at radius 3 is 2.32 bits per heavy atom. The van der Waals surface area contributed by atoms with Crippen LogP contribution in [-0.4, -0.2) is 25.2 Å². The Hall–Kier alpha value is -1.32. The standard InChI is InChI=1S/C15H26O4/c1-3-4-5-6-7-8-9-10-11-12-18-15(17)13-19-14(2)16/h10-11H,3-9,12-13H2,1-2H3/b11-10+. The molecule has 19 heavy (non-hydrogen) atoms. The van der Waals surface area contributed by atoms with Crippen molar-refractivity contribution in [3.8, 4) is 0 Å². The van der Waals surface area contributed by atoms with Crippen molar-refractivity contribution in [1.29, 1.82) is 0 Å². The van der Waals surface area contributed by atoms with Crippen molar-refractivity contribution in [2.24, 2.45) is 0 Å². The van der Waals surface area contributed by atoms with Crippen LogP contribution in [0.3, 0.4) is 0 Å². The number of hydrogen-bond acceptors (Lipinski definition) is 4. The van der Waals surface area contributed by atoms with Crippen LogP contribution >= 0.6 is 0 Å². The van der Waals surface area contributed by atoms with E-state index in [0.717, 1.165) is 6.42 Å². The van der Waals surface area contributed by atoms with Crippen molar-refractivity contribution in [2.75, 3.05) is 13.2 Å². The monoisotopic (exact) mass is 270 g/mol. The summed E-state index contributed by atoms with van der Waals surface area (Å²) in [5.41, 5.74) is 0. The fourth-order valence-electron chi connectivity index (χ4n) is 1.57. The highest BCUT2D eigenvalue weighted by atomic mass is 16.6. The van der Waals surface area contributed by atoms with Gasteiger partial charge in [0.05, 0.1) is 0 Å². The molecule has 0 radical (unpaired) electrons. The van der Waals surface area contributed by atoms with Crippen molar-refractivity contribution < 1.29 is 19.1 Å². The first-order valence-corrected chi connectivity index (χ1v) is 7.10. The van der Waals surface area contributed by atoms with Gasteiger partial charge in [0, 0.05) is 6.92 Å². The van der Waals surface area contributed by atoms with Crippen LogP contribution in [-0.2, 0) is 19.1 Å². The second kappa shape index (κ2) is 13.1. The number of carbonyl (C=O) groups excluding carboxylic acids is 2. The van der Waals surface area contributed by atoms with E-state index >= 15 is 0 Å². The third kappa shape index (κ3) is 14.6. The Balaban J connectivity index is 3.29. The van der Waals surface area contributed by atoms with E-state index in [9.17, 15) is 9.59 Å². The molecule has 0 aromatic carbocycles. The van der Waals surface area contributed by atoms with Crippen molar-refractivity contribution in [3.63, 3.8) is 0 Å². The van der Waals surface area contributed by atoms with E-state index in [1.165, 1.54) is 45.4 Å².